The second kappa shape index (κ2) is 6.91. The van der Waals surface area contributed by atoms with Crippen molar-refractivity contribution in [3.05, 3.63) is 53.1 Å². The van der Waals surface area contributed by atoms with Crippen LogP contribution in [0, 0.1) is 6.92 Å². The van der Waals surface area contributed by atoms with Crippen molar-refractivity contribution in [3.8, 4) is 0 Å². The van der Waals surface area contributed by atoms with Crippen LogP contribution in [-0.2, 0) is 10.0 Å². The van der Waals surface area contributed by atoms with Gasteiger partial charge in [0.1, 0.15) is 6.67 Å². The minimum absolute atomic E-state index is 0.00665. The maximum atomic E-state index is 14.0. The summed E-state index contributed by atoms with van der Waals surface area (Å²) in [6.07, 6.45) is -0.674. The maximum absolute atomic E-state index is 14.0. The van der Waals surface area contributed by atoms with Crippen LogP contribution in [0.15, 0.2) is 47.4 Å². The van der Waals surface area contributed by atoms with Gasteiger partial charge in [0.15, 0.2) is 5.82 Å². The number of anilines is 1. The number of alkyl halides is 3. The van der Waals surface area contributed by atoms with Crippen molar-refractivity contribution in [2.75, 3.05) is 18.1 Å². The van der Waals surface area contributed by atoms with Gasteiger partial charge in [0, 0.05) is 6.42 Å². The molecule has 154 valence electrons. The zero-order valence-corrected chi connectivity index (χ0v) is 16.9. The first kappa shape index (κ1) is 20.0. The van der Waals surface area contributed by atoms with E-state index in [1.54, 1.807) is 18.2 Å². The smallest absolute Gasteiger partial charge is 0.283 e. The molecule has 0 amide bonds. The third kappa shape index (κ3) is 3.36. The van der Waals surface area contributed by atoms with Gasteiger partial charge in [0.2, 0.25) is 0 Å². The van der Waals surface area contributed by atoms with Gasteiger partial charge in [-0.2, -0.15) is 12.5 Å². The highest BCUT2D eigenvalue weighted by Crippen LogP contribution is 2.41. The van der Waals surface area contributed by atoms with Crippen LogP contribution < -0.4 is 4.90 Å². The van der Waals surface area contributed by atoms with E-state index >= 15 is 0 Å². The van der Waals surface area contributed by atoms with Crippen LogP contribution >= 0.6 is 11.6 Å². The van der Waals surface area contributed by atoms with Crippen LogP contribution in [-0.4, -0.2) is 42.8 Å². The van der Waals surface area contributed by atoms with E-state index in [4.69, 9.17) is 11.6 Å². The van der Waals surface area contributed by atoms with E-state index in [2.05, 4.69) is 5.10 Å². The monoisotopic (exact) mass is 443 g/mol. The van der Waals surface area contributed by atoms with Crippen molar-refractivity contribution in [2.24, 2.45) is 0 Å². The average Bonchev–Trinajstić information content (AvgIpc) is 3.20. The van der Waals surface area contributed by atoms with Crippen LogP contribution in [0.3, 0.4) is 0 Å². The van der Waals surface area contributed by atoms with Gasteiger partial charge < -0.3 is 4.90 Å². The number of hydrogen-bond donors (Lipinski definition) is 0. The highest BCUT2D eigenvalue weighted by Gasteiger charge is 2.46. The van der Waals surface area contributed by atoms with Crippen molar-refractivity contribution in [1.29, 1.82) is 0 Å². The molecule has 0 N–H and O–H groups in total. The summed E-state index contributed by atoms with van der Waals surface area (Å²) >= 11 is 6.28. The second-order valence-electron chi connectivity index (χ2n) is 7.11. The molecule has 2 aromatic carbocycles. The number of halogens is 4. The maximum Gasteiger partial charge on any atom is 0.283 e. The summed E-state index contributed by atoms with van der Waals surface area (Å²) in [5, 5.41) is 4.48. The van der Waals surface area contributed by atoms with Gasteiger partial charge in [0.25, 0.3) is 15.9 Å². The highest BCUT2D eigenvalue weighted by molar-refractivity contribution is 7.90. The van der Waals surface area contributed by atoms with E-state index < -0.39 is 41.6 Å². The Hall–Kier alpha value is -2.26. The lowest BCUT2D eigenvalue weighted by atomic mass is 10.2. The minimum Gasteiger partial charge on any atom is -0.343 e. The molecule has 3 aromatic rings. The molecule has 10 heteroatoms. The van der Waals surface area contributed by atoms with Crippen molar-refractivity contribution >= 4 is 38.3 Å². The van der Waals surface area contributed by atoms with Crippen LogP contribution in [0.2, 0.25) is 5.02 Å². The van der Waals surface area contributed by atoms with E-state index in [1.165, 1.54) is 24.3 Å². The number of benzene rings is 2. The Kier molecular flexibility index (Phi) is 4.77. The number of aromatic nitrogens is 2. The van der Waals surface area contributed by atoms with Gasteiger partial charge in [-0.15, -0.1) is 5.10 Å². The standard InChI is InChI=1S/C19H17ClF3N3O2S/c1-12-5-7-14(8-6-12)29(27,28)26-16-4-2-3-15(20)17(16)18(24-26)25-11-19(22,23)9-13(25)10-21/h2-8,13H,9-11H2,1H3/t13-/m0/s1. The molecule has 0 aliphatic carbocycles. The predicted molar refractivity (Wildman–Crippen MR) is 105 cm³/mol. The van der Waals surface area contributed by atoms with Crippen molar-refractivity contribution in [2.45, 2.75) is 30.2 Å². The number of aryl methyl sites for hydroxylation is 1. The molecular weight excluding hydrogens is 427 g/mol. The Morgan fingerprint density at radius 3 is 2.55 bits per heavy atom. The van der Waals surface area contributed by atoms with Crippen LogP contribution in [0.1, 0.15) is 12.0 Å². The normalized spacial score (nSPS) is 19.2. The van der Waals surface area contributed by atoms with Gasteiger partial charge in [-0.1, -0.05) is 35.4 Å². The largest absolute Gasteiger partial charge is 0.343 e. The summed E-state index contributed by atoms with van der Waals surface area (Å²) < 4.78 is 68.6. The van der Waals surface area contributed by atoms with Gasteiger partial charge in [-0.05, 0) is 31.2 Å². The Morgan fingerprint density at radius 2 is 1.90 bits per heavy atom. The van der Waals surface area contributed by atoms with Gasteiger partial charge in [-0.25, -0.2) is 13.2 Å². The molecule has 0 spiro atoms. The fourth-order valence-corrected chi connectivity index (χ4v) is 5.09. The van der Waals surface area contributed by atoms with E-state index in [1.807, 2.05) is 6.92 Å². The SMILES string of the molecule is Cc1ccc(S(=O)(=O)n2nc(N3CC(F)(F)C[C@H]3CF)c3c(Cl)cccc32)cc1. The molecule has 5 nitrogen and oxygen atoms in total. The van der Waals surface area contributed by atoms with Crippen molar-refractivity contribution in [3.63, 3.8) is 0 Å². The first-order chi connectivity index (χ1) is 13.6. The lowest BCUT2D eigenvalue weighted by Crippen LogP contribution is -2.32. The third-order valence-electron chi connectivity index (χ3n) is 4.98. The van der Waals surface area contributed by atoms with Crippen molar-refractivity contribution < 1.29 is 21.6 Å². The molecule has 1 aliphatic heterocycles. The Balaban J connectivity index is 1.94. The van der Waals surface area contributed by atoms with Gasteiger partial charge in [-0.3, -0.25) is 0 Å². The Morgan fingerprint density at radius 1 is 1.21 bits per heavy atom. The summed E-state index contributed by atoms with van der Waals surface area (Å²) in [4.78, 5) is 1.10. The second-order valence-corrected chi connectivity index (χ2v) is 9.29. The van der Waals surface area contributed by atoms with Gasteiger partial charge in [0.05, 0.1) is 33.4 Å². The quantitative estimate of drug-likeness (QED) is 0.599. The summed E-state index contributed by atoms with van der Waals surface area (Å²) in [7, 11) is -4.12. The van der Waals surface area contributed by atoms with E-state index in [-0.39, 0.29) is 26.6 Å². The Bertz CT molecular complexity index is 1180. The molecule has 0 unspecified atom stereocenters. The molecular formula is C19H17ClF3N3O2S. The third-order valence-corrected chi connectivity index (χ3v) is 6.90. The minimum atomic E-state index is -4.12. The molecule has 1 aromatic heterocycles. The number of hydrogen-bond acceptors (Lipinski definition) is 4. The molecule has 0 radical (unpaired) electrons. The predicted octanol–water partition coefficient (Wildman–Crippen LogP) is 4.42. The number of fused-ring (bicyclic) bond motifs is 1. The first-order valence-electron chi connectivity index (χ1n) is 8.84. The summed E-state index contributed by atoms with van der Waals surface area (Å²) in [6, 6.07) is 9.60. The average molecular weight is 444 g/mol. The fraction of sp³-hybridized carbons (Fsp3) is 0.316. The molecule has 29 heavy (non-hydrogen) atoms. The van der Waals surface area contributed by atoms with E-state index in [0.717, 1.165) is 14.6 Å². The lowest BCUT2D eigenvalue weighted by molar-refractivity contribution is 0.0215. The van der Waals surface area contributed by atoms with E-state index in [0.29, 0.717) is 0 Å². The zero-order valence-electron chi connectivity index (χ0n) is 15.3. The molecule has 1 atom stereocenters. The van der Waals surface area contributed by atoms with Crippen LogP contribution in [0.25, 0.3) is 10.9 Å². The molecule has 2 heterocycles. The van der Waals surface area contributed by atoms with Gasteiger partial charge >= 0.3 is 0 Å². The van der Waals surface area contributed by atoms with Crippen LogP contribution in [0.5, 0.6) is 0 Å². The highest BCUT2D eigenvalue weighted by atomic mass is 35.5. The number of nitrogens with zero attached hydrogens (tertiary/aromatic N) is 3. The molecule has 0 bridgehead atoms. The Labute approximate surface area is 170 Å². The number of rotatable bonds is 4. The topological polar surface area (TPSA) is 55.2 Å². The summed E-state index contributed by atoms with van der Waals surface area (Å²) in [5.74, 6) is -3.18. The fourth-order valence-electron chi connectivity index (χ4n) is 3.56. The van der Waals surface area contributed by atoms with E-state index in [9.17, 15) is 21.6 Å². The molecule has 0 saturated carbocycles. The van der Waals surface area contributed by atoms with Crippen molar-refractivity contribution in [1.82, 2.24) is 9.19 Å². The molecule has 1 saturated heterocycles. The first-order valence-corrected chi connectivity index (χ1v) is 10.7. The lowest BCUT2D eigenvalue weighted by Gasteiger charge is -2.21. The van der Waals surface area contributed by atoms with Crippen LogP contribution in [0.4, 0.5) is 19.0 Å². The summed E-state index contributed by atoms with van der Waals surface area (Å²) in [6.45, 7) is 0.0465. The molecule has 4 rings (SSSR count). The summed E-state index contributed by atoms with van der Waals surface area (Å²) in [5.41, 5.74) is 1.02. The zero-order chi connectivity index (χ0) is 21.0. The molecule has 1 fully saturated rings. The molecule has 1 aliphatic rings.